The van der Waals surface area contributed by atoms with Gasteiger partial charge in [-0.1, -0.05) is 74.7 Å². The predicted molar refractivity (Wildman–Crippen MR) is 88.4 cm³/mol. The molecule has 1 nitrogen and oxygen atoms in total. The van der Waals surface area contributed by atoms with Crippen LogP contribution in [0.2, 0.25) is 0 Å². The lowest BCUT2D eigenvalue weighted by atomic mass is 9.98. The van der Waals surface area contributed by atoms with Gasteiger partial charge in [0, 0.05) is 12.5 Å². The molecule has 0 amide bonds. The molecule has 0 heterocycles. The Morgan fingerprint density at radius 3 is 2.05 bits per heavy atom. The summed E-state index contributed by atoms with van der Waals surface area (Å²) in [5.41, 5.74) is 5.57. The zero-order valence-electron chi connectivity index (χ0n) is 12.6. The van der Waals surface area contributed by atoms with Crippen LogP contribution in [0.3, 0.4) is 0 Å². The first-order chi connectivity index (χ1) is 10.4. The molecule has 1 aliphatic carbocycles. The Balaban J connectivity index is 1.68. The Morgan fingerprint density at radius 1 is 0.810 bits per heavy atom. The van der Waals surface area contributed by atoms with Crippen molar-refractivity contribution in [3.05, 3.63) is 66.6 Å². The molecule has 0 fully saturated rings. The van der Waals surface area contributed by atoms with E-state index < -0.39 is 0 Å². The van der Waals surface area contributed by atoms with Crippen LogP contribution in [-0.2, 0) is 4.74 Å². The number of hydrogen-bond donors (Lipinski definition) is 0. The molecule has 0 aliphatic heterocycles. The average molecular weight is 279 g/mol. The van der Waals surface area contributed by atoms with Crippen molar-refractivity contribution in [2.24, 2.45) is 0 Å². The molecule has 0 aromatic heterocycles. The van der Waals surface area contributed by atoms with E-state index in [1.165, 1.54) is 35.1 Å². The SMILES string of the molecule is [CH2]CCCCCOCC1c2ccccc2-c2ccccc21. The molecule has 3 rings (SSSR count). The van der Waals surface area contributed by atoms with Gasteiger partial charge in [-0.15, -0.1) is 0 Å². The van der Waals surface area contributed by atoms with Gasteiger partial charge in [-0.3, -0.25) is 0 Å². The predicted octanol–water partition coefficient (Wildman–Crippen LogP) is 5.21. The molecule has 0 atom stereocenters. The maximum absolute atomic E-state index is 5.96. The first kappa shape index (κ1) is 14.3. The van der Waals surface area contributed by atoms with E-state index in [-0.39, 0.29) is 0 Å². The van der Waals surface area contributed by atoms with Crippen molar-refractivity contribution in [2.45, 2.75) is 31.6 Å². The fourth-order valence-corrected chi connectivity index (χ4v) is 3.20. The van der Waals surface area contributed by atoms with Crippen LogP contribution in [0.1, 0.15) is 42.7 Å². The van der Waals surface area contributed by atoms with Crippen LogP contribution in [0, 0.1) is 6.92 Å². The topological polar surface area (TPSA) is 9.23 Å². The van der Waals surface area contributed by atoms with Crippen molar-refractivity contribution in [1.82, 2.24) is 0 Å². The normalized spacial score (nSPS) is 13.2. The molecule has 0 saturated carbocycles. The van der Waals surface area contributed by atoms with Gasteiger partial charge in [-0.05, 0) is 28.7 Å². The van der Waals surface area contributed by atoms with E-state index in [1.807, 2.05) is 0 Å². The molecule has 21 heavy (non-hydrogen) atoms. The van der Waals surface area contributed by atoms with Gasteiger partial charge in [0.1, 0.15) is 0 Å². The third kappa shape index (κ3) is 3.03. The molecule has 1 radical (unpaired) electrons. The molecular formula is C20H23O. The molecule has 1 heteroatoms. The van der Waals surface area contributed by atoms with Gasteiger partial charge >= 0.3 is 0 Å². The highest BCUT2D eigenvalue weighted by Gasteiger charge is 2.27. The summed E-state index contributed by atoms with van der Waals surface area (Å²) in [7, 11) is 0. The number of benzene rings is 2. The van der Waals surface area contributed by atoms with Crippen LogP contribution in [0.15, 0.2) is 48.5 Å². The van der Waals surface area contributed by atoms with Crippen molar-refractivity contribution < 1.29 is 4.74 Å². The third-order valence-corrected chi connectivity index (χ3v) is 4.29. The fourth-order valence-electron chi connectivity index (χ4n) is 3.20. The lowest BCUT2D eigenvalue weighted by Crippen LogP contribution is -2.07. The molecule has 0 spiro atoms. The fraction of sp³-hybridized carbons (Fsp3) is 0.350. The number of fused-ring (bicyclic) bond motifs is 3. The molecular weight excluding hydrogens is 256 g/mol. The molecule has 2 aromatic rings. The standard InChI is InChI=1S/C20H23O/c1-2-3-4-9-14-21-15-20-18-12-7-5-10-16(18)17-11-6-8-13-19(17)20/h5-8,10-13,20H,1-4,9,14-15H2. The van der Waals surface area contributed by atoms with Crippen LogP contribution >= 0.6 is 0 Å². The number of unbranched alkanes of at least 4 members (excludes halogenated alkanes) is 3. The highest BCUT2D eigenvalue weighted by Crippen LogP contribution is 2.44. The van der Waals surface area contributed by atoms with Gasteiger partial charge in [0.25, 0.3) is 0 Å². The van der Waals surface area contributed by atoms with Crippen LogP contribution in [-0.4, -0.2) is 13.2 Å². The molecule has 0 unspecified atom stereocenters. The maximum Gasteiger partial charge on any atom is 0.0575 e. The van der Waals surface area contributed by atoms with Crippen molar-refractivity contribution in [3.8, 4) is 11.1 Å². The second-order valence-corrected chi connectivity index (χ2v) is 5.72. The first-order valence-corrected chi connectivity index (χ1v) is 7.97. The van der Waals surface area contributed by atoms with Gasteiger partial charge < -0.3 is 4.74 Å². The van der Waals surface area contributed by atoms with Crippen LogP contribution in [0.25, 0.3) is 11.1 Å². The zero-order valence-corrected chi connectivity index (χ0v) is 12.6. The van der Waals surface area contributed by atoms with E-state index in [9.17, 15) is 0 Å². The monoisotopic (exact) mass is 279 g/mol. The van der Waals surface area contributed by atoms with Crippen molar-refractivity contribution in [1.29, 1.82) is 0 Å². The number of rotatable bonds is 7. The van der Waals surface area contributed by atoms with Gasteiger partial charge in [0.2, 0.25) is 0 Å². The summed E-state index contributed by atoms with van der Waals surface area (Å²) in [4.78, 5) is 0. The van der Waals surface area contributed by atoms with E-state index in [1.54, 1.807) is 0 Å². The van der Waals surface area contributed by atoms with Gasteiger partial charge in [-0.2, -0.15) is 0 Å². The first-order valence-electron chi connectivity index (χ1n) is 7.97. The average Bonchev–Trinajstić information content (AvgIpc) is 2.85. The summed E-state index contributed by atoms with van der Waals surface area (Å²) in [6, 6.07) is 17.4. The van der Waals surface area contributed by atoms with Crippen molar-refractivity contribution >= 4 is 0 Å². The number of hydrogen-bond acceptors (Lipinski definition) is 1. The van der Waals surface area contributed by atoms with Crippen molar-refractivity contribution in [3.63, 3.8) is 0 Å². The smallest absolute Gasteiger partial charge is 0.0575 e. The minimum atomic E-state index is 0.394. The van der Waals surface area contributed by atoms with E-state index in [0.29, 0.717) is 5.92 Å². The zero-order chi connectivity index (χ0) is 14.5. The Morgan fingerprint density at radius 2 is 1.43 bits per heavy atom. The largest absolute Gasteiger partial charge is 0.380 e. The molecule has 1 aliphatic rings. The minimum Gasteiger partial charge on any atom is -0.380 e. The molecule has 2 aromatic carbocycles. The van der Waals surface area contributed by atoms with Crippen LogP contribution in [0.4, 0.5) is 0 Å². The lowest BCUT2D eigenvalue weighted by Gasteiger charge is -2.14. The summed E-state index contributed by atoms with van der Waals surface area (Å²) in [6.45, 7) is 5.53. The molecule has 0 saturated heterocycles. The summed E-state index contributed by atoms with van der Waals surface area (Å²) >= 11 is 0. The summed E-state index contributed by atoms with van der Waals surface area (Å²) < 4.78 is 5.96. The van der Waals surface area contributed by atoms with E-state index in [4.69, 9.17) is 4.74 Å². The van der Waals surface area contributed by atoms with Gasteiger partial charge in [-0.25, -0.2) is 0 Å². The molecule has 109 valence electrons. The highest BCUT2D eigenvalue weighted by molar-refractivity contribution is 5.78. The Hall–Kier alpha value is -1.60. The summed E-state index contributed by atoms with van der Waals surface area (Å²) in [5.74, 6) is 0.394. The maximum atomic E-state index is 5.96. The Kier molecular flexibility index (Phi) is 4.72. The van der Waals surface area contributed by atoms with E-state index in [0.717, 1.165) is 26.1 Å². The van der Waals surface area contributed by atoms with Crippen molar-refractivity contribution in [2.75, 3.05) is 13.2 Å². The van der Waals surface area contributed by atoms with Crippen LogP contribution < -0.4 is 0 Å². The van der Waals surface area contributed by atoms with E-state index >= 15 is 0 Å². The molecule has 0 N–H and O–H groups in total. The third-order valence-electron chi connectivity index (χ3n) is 4.29. The number of ether oxygens (including phenoxy) is 1. The van der Waals surface area contributed by atoms with Gasteiger partial charge in [0.15, 0.2) is 0 Å². The lowest BCUT2D eigenvalue weighted by molar-refractivity contribution is 0.124. The van der Waals surface area contributed by atoms with Crippen LogP contribution in [0.5, 0.6) is 0 Å². The van der Waals surface area contributed by atoms with Gasteiger partial charge in [0.05, 0.1) is 6.61 Å². The highest BCUT2D eigenvalue weighted by atomic mass is 16.5. The summed E-state index contributed by atoms with van der Waals surface area (Å²) in [5, 5.41) is 0. The summed E-state index contributed by atoms with van der Waals surface area (Å²) in [6.07, 6.45) is 4.61. The minimum absolute atomic E-state index is 0.394. The molecule has 0 bridgehead atoms. The second kappa shape index (κ2) is 6.91. The van der Waals surface area contributed by atoms with E-state index in [2.05, 4.69) is 55.5 Å². The Bertz CT molecular complexity index is 542. The second-order valence-electron chi connectivity index (χ2n) is 5.72. The Labute approximate surface area is 128 Å². The quantitative estimate of drug-likeness (QED) is 0.632.